The van der Waals surface area contributed by atoms with E-state index in [0.29, 0.717) is 15.9 Å². The van der Waals surface area contributed by atoms with Gasteiger partial charge in [0.15, 0.2) is 10.8 Å². The number of carbonyl (C=O) groups is 1. The Labute approximate surface area is 172 Å². The van der Waals surface area contributed by atoms with Crippen molar-refractivity contribution in [2.45, 2.75) is 0 Å². The molecule has 0 saturated heterocycles. The molecule has 0 unspecified atom stereocenters. The summed E-state index contributed by atoms with van der Waals surface area (Å²) in [6, 6.07) is 14.9. The van der Waals surface area contributed by atoms with Crippen LogP contribution in [0.2, 0.25) is 0 Å². The predicted molar refractivity (Wildman–Crippen MR) is 115 cm³/mol. The lowest BCUT2D eigenvalue weighted by Crippen LogP contribution is -2.25. The zero-order chi connectivity index (χ0) is 19.0. The Morgan fingerprint density at radius 3 is 2.56 bits per heavy atom. The molecule has 2 aromatic carbocycles. The Bertz CT molecular complexity index is 1210. The lowest BCUT2D eigenvalue weighted by atomic mass is 10.1. The highest BCUT2D eigenvalue weighted by Gasteiger charge is 2.17. The fourth-order valence-electron chi connectivity index (χ4n) is 2.71. The van der Waals surface area contributed by atoms with Gasteiger partial charge in [-0.1, -0.05) is 30.3 Å². The van der Waals surface area contributed by atoms with Gasteiger partial charge in [0.05, 0.1) is 11.1 Å². The summed E-state index contributed by atoms with van der Waals surface area (Å²) >= 11 is 3.59. The SMILES string of the molecule is Cn1nc(C(=O)Nc2nc(-c3ccc(I)cc3)cs2)c2ccccc2c1=O. The number of fused-ring (bicyclic) bond motifs is 1. The minimum atomic E-state index is -0.398. The lowest BCUT2D eigenvalue weighted by molar-refractivity contribution is 0.102. The van der Waals surface area contributed by atoms with Crippen LogP contribution in [0.3, 0.4) is 0 Å². The number of carbonyl (C=O) groups excluding carboxylic acids is 1. The largest absolute Gasteiger partial charge is 0.296 e. The molecule has 1 amide bonds. The highest BCUT2D eigenvalue weighted by atomic mass is 127. The summed E-state index contributed by atoms with van der Waals surface area (Å²) in [7, 11) is 1.53. The van der Waals surface area contributed by atoms with E-state index in [9.17, 15) is 9.59 Å². The number of aryl methyl sites for hydroxylation is 1. The van der Waals surface area contributed by atoms with Crippen LogP contribution in [0, 0.1) is 3.57 Å². The van der Waals surface area contributed by atoms with Crippen LogP contribution < -0.4 is 10.9 Å². The van der Waals surface area contributed by atoms with Crippen molar-refractivity contribution in [3.05, 3.63) is 73.5 Å². The Hall–Kier alpha value is -2.59. The normalized spacial score (nSPS) is 10.9. The smallest absolute Gasteiger partial charge is 0.278 e. The summed E-state index contributed by atoms with van der Waals surface area (Å²) in [6.07, 6.45) is 0. The van der Waals surface area contributed by atoms with Crippen molar-refractivity contribution < 1.29 is 4.79 Å². The van der Waals surface area contributed by atoms with E-state index in [0.717, 1.165) is 14.8 Å². The fraction of sp³-hybridized carbons (Fsp3) is 0.0526. The van der Waals surface area contributed by atoms with Crippen LogP contribution in [0.15, 0.2) is 58.7 Å². The second-order valence-electron chi connectivity index (χ2n) is 5.82. The molecule has 1 N–H and O–H groups in total. The standard InChI is InChI=1S/C19H13IN4O2S/c1-24-18(26)14-5-3-2-4-13(14)16(23-24)17(25)22-19-21-15(10-27-19)11-6-8-12(20)9-7-11/h2-10H,1H3,(H,21,22,25). The highest BCUT2D eigenvalue weighted by molar-refractivity contribution is 14.1. The maximum Gasteiger partial charge on any atom is 0.278 e. The van der Waals surface area contributed by atoms with E-state index >= 15 is 0 Å². The Kier molecular flexibility index (Phi) is 4.75. The number of thiazole rings is 1. The molecule has 6 nitrogen and oxygen atoms in total. The molecular formula is C19H13IN4O2S. The van der Waals surface area contributed by atoms with E-state index in [2.05, 4.69) is 38.0 Å². The molecule has 4 rings (SSSR count). The van der Waals surface area contributed by atoms with Crippen molar-refractivity contribution in [2.24, 2.45) is 7.05 Å². The minimum absolute atomic E-state index is 0.193. The van der Waals surface area contributed by atoms with Crippen molar-refractivity contribution in [1.29, 1.82) is 0 Å². The van der Waals surface area contributed by atoms with E-state index in [1.54, 1.807) is 24.3 Å². The van der Waals surface area contributed by atoms with Gasteiger partial charge in [0.2, 0.25) is 0 Å². The van der Waals surface area contributed by atoms with Crippen molar-refractivity contribution in [2.75, 3.05) is 5.32 Å². The van der Waals surface area contributed by atoms with Crippen LogP contribution >= 0.6 is 33.9 Å². The predicted octanol–water partition coefficient (Wildman–Crippen LogP) is 3.91. The summed E-state index contributed by atoms with van der Waals surface area (Å²) in [4.78, 5) is 29.4. The topological polar surface area (TPSA) is 76.9 Å². The number of rotatable bonds is 3. The molecule has 0 atom stereocenters. The Balaban J connectivity index is 1.66. The van der Waals surface area contributed by atoms with Gasteiger partial charge in [0, 0.05) is 26.9 Å². The van der Waals surface area contributed by atoms with Crippen LogP contribution in [0.4, 0.5) is 5.13 Å². The molecule has 8 heteroatoms. The number of amides is 1. The Morgan fingerprint density at radius 2 is 1.81 bits per heavy atom. The van der Waals surface area contributed by atoms with Gasteiger partial charge in [0.25, 0.3) is 11.5 Å². The van der Waals surface area contributed by atoms with Gasteiger partial charge in [0.1, 0.15) is 0 Å². The quantitative estimate of drug-likeness (QED) is 0.444. The third-order valence-corrected chi connectivity index (χ3v) is 5.51. The maximum atomic E-state index is 12.8. The van der Waals surface area contributed by atoms with Crippen molar-refractivity contribution in [3.63, 3.8) is 0 Å². The minimum Gasteiger partial charge on any atom is -0.296 e. The molecule has 0 aliphatic rings. The number of anilines is 1. The molecule has 2 aromatic heterocycles. The molecule has 0 aliphatic carbocycles. The first-order valence-electron chi connectivity index (χ1n) is 8.02. The monoisotopic (exact) mass is 488 g/mol. The number of nitrogens with zero attached hydrogens (tertiary/aromatic N) is 3. The number of hydrogen-bond acceptors (Lipinski definition) is 5. The Morgan fingerprint density at radius 1 is 1.11 bits per heavy atom. The number of hydrogen-bond donors (Lipinski definition) is 1. The van der Waals surface area contributed by atoms with E-state index in [4.69, 9.17) is 0 Å². The summed E-state index contributed by atoms with van der Waals surface area (Å²) in [5.41, 5.74) is 1.74. The van der Waals surface area contributed by atoms with Crippen molar-refractivity contribution >= 4 is 55.7 Å². The molecule has 0 aliphatic heterocycles. The van der Waals surface area contributed by atoms with Gasteiger partial charge >= 0.3 is 0 Å². The van der Waals surface area contributed by atoms with E-state index in [1.807, 2.05) is 29.6 Å². The molecule has 0 saturated carbocycles. The second kappa shape index (κ2) is 7.20. The number of nitrogens with one attached hydrogen (secondary N) is 1. The summed E-state index contributed by atoms with van der Waals surface area (Å²) in [5, 5.41) is 10.3. The number of benzene rings is 2. The van der Waals surface area contributed by atoms with E-state index in [-0.39, 0.29) is 11.3 Å². The average Bonchev–Trinajstić information content (AvgIpc) is 3.13. The zero-order valence-electron chi connectivity index (χ0n) is 14.1. The van der Waals surface area contributed by atoms with Crippen LogP contribution in [-0.2, 0) is 7.05 Å². The zero-order valence-corrected chi connectivity index (χ0v) is 17.1. The molecule has 0 fully saturated rings. The van der Waals surface area contributed by atoms with E-state index in [1.165, 1.54) is 23.1 Å². The van der Waals surface area contributed by atoms with E-state index < -0.39 is 5.91 Å². The van der Waals surface area contributed by atoms with Crippen molar-refractivity contribution in [3.8, 4) is 11.3 Å². The first-order chi connectivity index (χ1) is 13.0. The van der Waals surface area contributed by atoms with Crippen LogP contribution in [0.5, 0.6) is 0 Å². The first-order valence-corrected chi connectivity index (χ1v) is 9.97. The summed E-state index contributed by atoms with van der Waals surface area (Å²) in [5.74, 6) is -0.398. The lowest BCUT2D eigenvalue weighted by Gasteiger charge is -2.07. The van der Waals surface area contributed by atoms with Gasteiger partial charge in [-0.25, -0.2) is 9.67 Å². The molecule has 4 aromatic rings. The first kappa shape index (κ1) is 17.8. The third-order valence-electron chi connectivity index (χ3n) is 4.04. The average molecular weight is 488 g/mol. The molecule has 0 radical (unpaired) electrons. The van der Waals surface area contributed by atoms with Crippen molar-refractivity contribution in [1.82, 2.24) is 14.8 Å². The fourth-order valence-corrected chi connectivity index (χ4v) is 3.78. The van der Waals surface area contributed by atoms with Gasteiger partial charge in [-0.15, -0.1) is 11.3 Å². The van der Waals surface area contributed by atoms with Crippen LogP contribution in [0.1, 0.15) is 10.5 Å². The highest BCUT2D eigenvalue weighted by Crippen LogP contribution is 2.26. The molecular weight excluding hydrogens is 475 g/mol. The van der Waals surface area contributed by atoms with Gasteiger partial charge in [-0.3, -0.25) is 14.9 Å². The number of halogens is 1. The molecule has 0 spiro atoms. The third kappa shape index (κ3) is 3.50. The van der Waals surface area contributed by atoms with Gasteiger partial charge in [-0.05, 0) is 40.8 Å². The summed E-state index contributed by atoms with van der Waals surface area (Å²) in [6.45, 7) is 0. The summed E-state index contributed by atoms with van der Waals surface area (Å²) < 4.78 is 2.32. The number of aromatic nitrogens is 3. The molecule has 134 valence electrons. The molecule has 0 bridgehead atoms. The van der Waals surface area contributed by atoms with Gasteiger partial charge < -0.3 is 0 Å². The molecule has 2 heterocycles. The van der Waals surface area contributed by atoms with Gasteiger partial charge in [-0.2, -0.15) is 5.10 Å². The van der Waals surface area contributed by atoms with Crippen LogP contribution in [0.25, 0.3) is 22.0 Å². The van der Waals surface area contributed by atoms with Crippen LogP contribution in [-0.4, -0.2) is 20.7 Å². The second-order valence-corrected chi connectivity index (χ2v) is 7.93. The molecule has 27 heavy (non-hydrogen) atoms. The maximum absolute atomic E-state index is 12.8.